The largest absolute Gasteiger partial charge is 0.347 e. The Bertz CT molecular complexity index is 1200. The molecule has 4 rings (SSSR count). The van der Waals surface area contributed by atoms with Gasteiger partial charge in [0.15, 0.2) is 0 Å². The highest BCUT2D eigenvalue weighted by Gasteiger charge is 2.17. The van der Waals surface area contributed by atoms with Crippen molar-refractivity contribution in [1.29, 1.82) is 0 Å². The first-order valence-electron chi connectivity index (χ1n) is 8.83. The van der Waals surface area contributed by atoms with E-state index in [4.69, 9.17) is 0 Å². The van der Waals surface area contributed by atoms with Gasteiger partial charge in [-0.3, -0.25) is 9.36 Å². The summed E-state index contributed by atoms with van der Waals surface area (Å²) < 4.78 is 3.60. The van der Waals surface area contributed by atoms with Crippen LogP contribution in [0, 0.1) is 6.92 Å². The standard InChI is InChI=1S/C21H21N5O/c1-15-11-12-18-17(14-15)19(27)25(13-7-10-16-8-5-4-6-9-16)21-23-22-20(24(2)3)26(18)21/h4-12,14H,13H2,1-3H3/b10-7+. The summed E-state index contributed by atoms with van der Waals surface area (Å²) in [5, 5.41) is 9.26. The monoisotopic (exact) mass is 359 g/mol. The first-order valence-corrected chi connectivity index (χ1v) is 8.83. The molecule has 0 radical (unpaired) electrons. The van der Waals surface area contributed by atoms with Crippen LogP contribution in [-0.2, 0) is 6.54 Å². The van der Waals surface area contributed by atoms with Gasteiger partial charge in [0.05, 0.1) is 10.9 Å². The number of allylic oxidation sites excluding steroid dienone is 1. The lowest BCUT2D eigenvalue weighted by Crippen LogP contribution is -2.24. The molecule has 0 amide bonds. The van der Waals surface area contributed by atoms with Gasteiger partial charge in [-0.05, 0) is 24.6 Å². The third-order valence-electron chi connectivity index (χ3n) is 4.54. The smallest absolute Gasteiger partial charge is 0.263 e. The Morgan fingerprint density at radius 3 is 2.59 bits per heavy atom. The van der Waals surface area contributed by atoms with Gasteiger partial charge in [0.25, 0.3) is 5.56 Å². The molecule has 0 atom stereocenters. The van der Waals surface area contributed by atoms with Crippen molar-refractivity contribution < 1.29 is 0 Å². The lowest BCUT2D eigenvalue weighted by molar-refractivity contribution is 0.786. The first kappa shape index (κ1) is 17.0. The Labute approximate surface area is 157 Å². The highest BCUT2D eigenvalue weighted by molar-refractivity contribution is 5.82. The second kappa shape index (κ2) is 6.72. The summed E-state index contributed by atoms with van der Waals surface area (Å²) in [6, 6.07) is 15.9. The van der Waals surface area contributed by atoms with Crippen LogP contribution in [0.15, 0.2) is 59.4 Å². The third-order valence-corrected chi connectivity index (χ3v) is 4.54. The van der Waals surface area contributed by atoms with Crippen LogP contribution in [0.5, 0.6) is 0 Å². The molecule has 27 heavy (non-hydrogen) atoms. The second-order valence-corrected chi connectivity index (χ2v) is 6.78. The number of rotatable bonds is 4. The zero-order valence-corrected chi connectivity index (χ0v) is 15.6. The molecule has 136 valence electrons. The minimum atomic E-state index is -0.0587. The van der Waals surface area contributed by atoms with Gasteiger partial charge in [-0.25, -0.2) is 4.40 Å². The molecule has 0 spiro atoms. The number of nitrogens with zero attached hydrogens (tertiary/aromatic N) is 5. The highest BCUT2D eigenvalue weighted by Crippen LogP contribution is 2.19. The van der Waals surface area contributed by atoms with Crippen molar-refractivity contribution in [3.05, 3.63) is 76.1 Å². The van der Waals surface area contributed by atoms with Crippen LogP contribution in [0.2, 0.25) is 0 Å². The predicted molar refractivity (Wildman–Crippen MR) is 109 cm³/mol. The minimum Gasteiger partial charge on any atom is -0.347 e. The van der Waals surface area contributed by atoms with Crippen molar-refractivity contribution in [2.24, 2.45) is 0 Å². The van der Waals surface area contributed by atoms with Crippen LogP contribution < -0.4 is 10.5 Å². The van der Waals surface area contributed by atoms with E-state index >= 15 is 0 Å². The number of aryl methyl sites for hydroxylation is 1. The van der Waals surface area contributed by atoms with Gasteiger partial charge >= 0.3 is 0 Å². The van der Waals surface area contributed by atoms with Crippen molar-refractivity contribution >= 4 is 28.7 Å². The fraction of sp³-hybridized carbons (Fsp3) is 0.190. The van der Waals surface area contributed by atoms with Gasteiger partial charge in [0, 0.05) is 20.6 Å². The molecule has 0 unspecified atom stereocenters. The Morgan fingerprint density at radius 2 is 1.85 bits per heavy atom. The number of hydrogen-bond acceptors (Lipinski definition) is 4. The van der Waals surface area contributed by atoms with Crippen LogP contribution in [0.1, 0.15) is 11.1 Å². The number of aromatic nitrogens is 4. The molecular formula is C21H21N5O. The average Bonchev–Trinajstić information content (AvgIpc) is 3.10. The van der Waals surface area contributed by atoms with Gasteiger partial charge in [-0.1, -0.05) is 54.1 Å². The quantitative estimate of drug-likeness (QED) is 0.562. The molecule has 0 aliphatic rings. The summed E-state index contributed by atoms with van der Waals surface area (Å²) >= 11 is 0. The molecule has 0 N–H and O–H groups in total. The topological polar surface area (TPSA) is 55.4 Å². The van der Waals surface area contributed by atoms with Crippen LogP contribution in [0.25, 0.3) is 22.8 Å². The third kappa shape index (κ3) is 2.99. The van der Waals surface area contributed by atoms with Gasteiger partial charge in [-0.15, -0.1) is 10.2 Å². The molecule has 2 heterocycles. The van der Waals surface area contributed by atoms with E-state index in [0.29, 0.717) is 23.7 Å². The van der Waals surface area contributed by atoms with E-state index < -0.39 is 0 Å². The van der Waals surface area contributed by atoms with Crippen molar-refractivity contribution in [2.75, 3.05) is 19.0 Å². The van der Waals surface area contributed by atoms with Crippen LogP contribution in [-0.4, -0.2) is 33.3 Å². The van der Waals surface area contributed by atoms with Gasteiger partial charge < -0.3 is 4.90 Å². The number of benzene rings is 2. The first-order chi connectivity index (χ1) is 13.1. The molecule has 0 saturated carbocycles. The number of fused-ring (bicyclic) bond motifs is 3. The highest BCUT2D eigenvalue weighted by atomic mass is 16.1. The van der Waals surface area contributed by atoms with Gasteiger partial charge in [0.2, 0.25) is 11.7 Å². The van der Waals surface area contributed by atoms with Crippen LogP contribution in [0.3, 0.4) is 0 Å². The van der Waals surface area contributed by atoms with Crippen LogP contribution in [0.4, 0.5) is 5.95 Å². The van der Waals surface area contributed by atoms with Crippen molar-refractivity contribution in [3.8, 4) is 0 Å². The van der Waals surface area contributed by atoms with Gasteiger partial charge in [-0.2, -0.15) is 0 Å². The zero-order chi connectivity index (χ0) is 19.0. The fourth-order valence-corrected chi connectivity index (χ4v) is 3.22. The molecule has 0 fully saturated rings. The molecule has 0 aliphatic carbocycles. The molecule has 6 nitrogen and oxygen atoms in total. The Kier molecular flexibility index (Phi) is 4.24. The molecular weight excluding hydrogens is 338 g/mol. The Hall–Kier alpha value is -3.41. The average molecular weight is 359 g/mol. The molecule has 4 aromatic rings. The molecule has 0 saturated heterocycles. The summed E-state index contributed by atoms with van der Waals surface area (Å²) in [4.78, 5) is 15.0. The normalized spacial score (nSPS) is 11.7. The van der Waals surface area contributed by atoms with E-state index in [0.717, 1.165) is 16.6 Å². The lowest BCUT2D eigenvalue weighted by atomic mass is 10.1. The van der Waals surface area contributed by atoms with E-state index in [9.17, 15) is 4.79 Å². The lowest BCUT2D eigenvalue weighted by Gasteiger charge is -2.13. The van der Waals surface area contributed by atoms with E-state index in [-0.39, 0.29) is 5.56 Å². The van der Waals surface area contributed by atoms with Crippen molar-refractivity contribution in [3.63, 3.8) is 0 Å². The molecule has 2 aromatic carbocycles. The zero-order valence-electron chi connectivity index (χ0n) is 15.6. The van der Waals surface area contributed by atoms with E-state index in [1.165, 1.54) is 0 Å². The van der Waals surface area contributed by atoms with Crippen molar-refractivity contribution in [1.82, 2.24) is 19.2 Å². The van der Waals surface area contributed by atoms with E-state index in [1.807, 2.05) is 91.0 Å². The van der Waals surface area contributed by atoms with Crippen molar-refractivity contribution in [2.45, 2.75) is 13.5 Å². The molecule has 0 bridgehead atoms. The Balaban J connectivity index is 1.92. The maximum Gasteiger partial charge on any atom is 0.263 e. The van der Waals surface area contributed by atoms with E-state index in [2.05, 4.69) is 10.2 Å². The number of anilines is 1. The van der Waals surface area contributed by atoms with Gasteiger partial charge in [0.1, 0.15) is 0 Å². The minimum absolute atomic E-state index is 0.0587. The summed E-state index contributed by atoms with van der Waals surface area (Å²) in [6.45, 7) is 2.41. The maximum atomic E-state index is 13.2. The summed E-state index contributed by atoms with van der Waals surface area (Å²) in [5.41, 5.74) is 2.90. The Morgan fingerprint density at radius 1 is 1.07 bits per heavy atom. The maximum absolute atomic E-state index is 13.2. The van der Waals surface area contributed by atoms with Crippen LogP contribution >= 0.6 is 0 Å². The van der Waals surface area contributed by atoms with E-state index in [1.54, 1.807) is 4.57 Å². The summed E-state index contributed by atoms with van der Waals surface area (Å²) in [5.74, 6) is 1.23. The SMILES string of the molecule is Cc1ccc2c(c1)c(=O)n(C/C=C/c1ccccc1)c1nnc(N(C)C)n21. The fourth-order valence-electron chi connectivity index (χ4n) is 3.22. The predicted octanol–water partition coefficient (Wildman–Crippen LogP) is 3.13. The summed E-state index contributed by atoms with van der Waals surface area (Å²) in [7, 11) is 3.84. The molecule has 0 aliphatic heterocycles. The molecule has 6 heteroatoms. The molecule has 2 aromatic heterocycles. The number of hydrogen-bond donors (Lipinski definition) is 0. The summed E-state index contributed by atoms with van der Waals surface area (Å²) in [6.07, 6.45) is 3.98. The second-order valence-electron chi connectivity index (χ2n) is 6.78.